The number of sulfonamides is 1. The number of rotatable bonds is 10. The van der Waals surface area contributed by atoms with Gasteiger partial charge in [-0.3, -0.25) is 9.10 Å². The number of nitrogens with zero attached hydrogens (tertiary/aromatic N) is 1. The van der Waals surface area contributed by atoms with Gasteiger partial charge in [-0.25, -0.2) is 8.42 Å². The van der Waals surface area contributed by atoms with Crippen LogP contribution in [0.2, 0.25) is 0 Å². The van der Waals surface area contributed by atoms with Crippen molar-refractivity contribution < 1.29 is 17.9 Å². The van der Waals surface area contributed by atoms with Crippen molar-refractivity contribution in [2.75, 3.05) is 17.7 Å². The summed E-state index contributed by atoms with van der Waals surface area (Å²) in [6.45, 7) is 4.33. The second kappa shape index (κ2) is 11.2. The normalized spacial score (nSPS) is 12.3. The number of amides is 1. The predicted octanol–water partition coefficient (Wildman–Crippen LogP) is 5.18. The number of hydrogen-bond acceptors (Lipinski definition) is 4. The molecule has 0 fully saturated rings. The first kappa shape index (κ1) is 25.3. The Kier molecular flexibility index (Phi) is 8.34. The molecule has 0 saturated heterocycles. The molecule has 0 spiro atoms. The molecule has 1 N–H and O–H groups in total. The van der Waals surface area contributed by atoms with Crippen molar-refractivity contribution in [1.82, 2.24) is 5.32 Å². The summed E-state index contributed by atoms with van der Waals surface area (Å²) in [6, 6.07) is 23.5. The summed E-state index contributed by atoms with van der Waals surface area (Å²) < 4.78 is 32.0. The van der Waals surface area contributed by atoms with Crippen molar-refractivity contribution in [3.8, 4) is 5.75 Å². The molecule has 6 nitrogen and oxygen atoms in total. The maximum atomic E-state index is 13.5. The quantitative estimate of drug-likeness (QED) is 0.434. The van der Waals surface area contributed by atoms with E-state index in [0.29, 0.717) is 17.2 Å². The average molecular weight is 481 g/mol. The molecule has 0 aromatic heterocycles. The third-order valence-corrected chi connectivity index (χ3v) is 6.64. The van der Waals surface area contributed by atoms with E-state index in [1.165, 1.54) is 4.31 Å². The molecule has 1 atom stereocenters. The Morgan fingerprint density at radius 3 is 2.15 bits per heavy atom. The number of carbonyl (C=O) groups is 1. The summed E-state index contributed by atoms with van der Waals surface area (Å²) in [7, 11) is -2.03. The second-order valence-electron chi connectivity index (χ2n) is 8.70. The fourth-order valence-corrected chi connectivity index (χ4v) is 4.74. The minimum atomic E-state index is -3.64. The molecule has 0 radical (unpaired) electrons. The first-order valence-corrected chi connectivity index (χ1v) is 13.1. The van der Waals surface area contributed by atoms with Crippen LogP contribution < -0.4 is 14.4 Å². The van der Waals surface area contributed by atoms with Crippen LogP contribution in [-0.2, 0) is 16.6 Å². The van der Waals surface area contributed by atoms with E-state index in [4.69, 9.17) is 4.74 Å². The highest BCUT2D eigenvalue weighted by atomic mass is 32.2. The monoisotopic (exact) mass is 480 g/mol. The van der Waals surface area contributed by atoms with Gasteiger partial charge in [0.05, 0.1) is 37.2 Å². The minimum absolute atomic E-state index is 0.137. The molecule has 34 heavy (non-hydrogen) atoms. The van der Waals surface area contributed by atoms with E-state index in [1.807, 2.05) is 54.6 Å². The smallest absolute Gasteiger partial charge is 0.253 e. The van der Waals surface area contributed by atoms with Crippen molar-refractivity contribution in [1.29, 1.82) is 0 Å². The maximum Gasteiger partial charge on any atom is 0.253 e. The Morgan fingerprint density at radius 2 is 1.56 bits per heavy atom. The minimum Gasteiger partial charge on any atom is -0.497 e. The van der Waals surface area contributed by atoms with Crippen molar-refractivity contribution in [2.24, 2.45) is 5.92 Å². The molecule has 0 aliphatic heterocycles. The van der Waals surface area contributed by atoms with Gasteiger partial charge in [-0.05, 0) is 47.7 Å². The van der Waals surface area contributed by atoms with Crippen LogP contribution in [0.5, 0.6) is 5.75 Å². The molecule has 0 aliphatic carbocycles. The topological polar surface area (TPSA) is 75.7 Å². The lowest BCUT2D eigenvalue weighted by Crippen LogP contribution is -2.34. The summed E-state index contributed by atoms with van der Waals surface area (Å²) in [5, 5.41) is 3.13. The van der Waals surface area contributed by atoms with Crippen LogP contribution in [0.15, 0.2) is 78.9 Å². The van der Waals surface area contributed by atoms with E-state index in [9.17, 15) is 13.2 Å². The highest BCUT2D eigenvalue weighted by Crippen LogP contribution is 2.28. The Morgan fingerprint density at radius 1 is 0.941 bits per heavy atom. The first-order chi connectivity index (χ1) is 16.2. The van der Waals surface area contributed by atoms with Crippen LogP contribution in [0.25, 0.3) is 0 Å². The van der Waals surface area contributed by atoms with Gasteiger partial charge in [0.1, 0.15) is 5.75 Å². The van der Waals surface area contributed by atoms with Crippen molar-refractivity contribution in [3.63, 3.8) is 0 Å². The third kappa shape index (κ3) is 6.60. The summed E-state index contributed by atoms with van der Waals surface area (Å²) in [5.74, 6) is 0.764. The lowest BCUT2D eigenvalue weighted by Gasteiger charge is -2.26. The zero-order valence-electron chi connectivity index (χ0n) is 20.1. The first-order valence-electron chi connectivity index (χ1n) is 11.2. The SMILES string of the molecule is COc1ccc(C(CC(C)C)NC(=O)c2ccccc2N(Cc2ccccc2)S(C)(=O)=O)cc1. The van der Waals surface area contributed by atoms with Crippen LogP contribution in [0.4, 0.5) is 5.69 Å². The molecule has 180 valence electrons. The number of ether oxygens (including phenoxy) is 1. The van der Waals surface area contributed by atoms with E-state index in [0.717, 1.165) is 29.6 Å². The maximum absolute atomic E-state index is 13.5. The number of nitrogens with one attached hydrogen (secondary N) is 1. The zero-order chi connectivity index (χ0) is 24.7. The zero-order valence-corrected chi connectivity index (χ0v) is 20.9. The number of hydrogen-bond donors (Lipinski definition) is 1. The van der Waals surface area contributed by atoms with Crippen molar-refractivity contribution in [3.05, 3.63) is 95.6 Å². The molecule has 3 rings (SSSR count). The van der Waals surface area contributed by atoms with E-state index in [-0.39, 0.29) is 18.5 Å². The lowest BCUT2D eigenvalue weighted by molar-refractivity contribution is 0.0932. The van der Waals surface area contributed by atoms with Gasteiger partial charge in [0, 0.05) is 0 Å². The standard InChI is InChI=1S/C27H32N2O4S/c1-20(2)18-25(22-14-16-23(33-3)17-15-22)28-27(30)24-12-8-9-13-26(24)29(34(4,31)32)19-21-10-6-5-7-11-21/h5-17,20,25H,18-19H2,1-4H3,(H,28,30). The highest BCUT2D eigenvalue weighted by Gasteiger charge is 2.25. The molecule has 1 unspecified atom stereocenters. The van der Waals surface area contributed by atoms with Crippen LogP contribution in [0.1, 0.15) is 47.8 Å². The Labute approximate surface area is 202 Å². The van der Waals surface area contributed by atoms with Crippen LogP contribution in [-0.4, -0.2) is 27.7 Å². The summed E-state index contributed by atoms with van der Waals surface area (Å²) >= 11 is 0. The van der Waals surface area contributed by atoms with Gasteiger partial charge in [-0.2, -0.15) is 0 Å². The molecule has 1 amide bonds. The Hall–Kier alpha value is -3.32. The number of benzene rings is 3. The second-order valence-corrected chi connectivity index (χ2v) is 10.6. The largest absolute Gasteiger partial charge is 0.497 e. The van der Waals surface area contributed by atoms with Gasteiger partial charge in [0.15, 0.2) is 0 Å². The predicted molar refractivity (Wildman–Crippen MR) is 137 cm³/mol. The number of anilines is 1. The van der Waals surface area contributed by atoms with Gasteiger partial charge in [-0.1, -0.05) is 68.4 Å². The number of para-hydroxylation sites is 1. The molecular weight excluding hydrogens is 448 g/mol. The Bertz CT molecular complexity index is 1190. The molecule has 3 aromatic rings. The lowest BCUT2D eigenvalue weighted by atomic mass is 9.96. The van der Waals surface area contributed by atoms with Gasteiger partial charge in [0.25, 0.3) is 5.91 Å². The third-order valence-electron chi connectivity index (χ3n) is 5.52. The van der Waals surface area contributed by atoms with Gasteiger partial charge >= 0.3 is 0 Å². The fraction of sp³-hybridized carbons (Fsp3) is 0.296. The molecule has 0 heterocycles. The number of carbonyl (C=O) groups excluding carboxylic acids is 1. The van der Waals surface area contributed by atoms with E-state index in [2.05, 4.69) is 19.2 Å². The summed E-state index contributed by atoms with van der Waals surface area (Å²) in [4.78, 5) is 13.5. The van der Waals surface area contributed by atoms with Crippen LogP contribution in [0.3, 0.4) is 0 Å². The molecule has 0 aliphatic rings. The van der Waals surface area contributed by atoms with Crippen molar-refractivity contribution in [2.45, 2.75) is 32.9 Å². The van der Waals surface area contributed by atoms with Crippen molar-refractivity contribution >= 4 is 21.6 Å². The van der Waals surface area contributed by atoms with Gasteiger partial charge < -0.3 is 10.1 Å². The van der Waals surface area contributed by atoms with E-state index in [1.54, 1.807) is 31.4 Å². The molecule has 0 saturated carbocycles. The average Bonchev–Trinajstić information content (AvgIpc) is 2.82. The van der Waals surface area contributed by atoms with Gasteiger partial charge in [0.2, 0.25) is 10.0 Å². The highest BCUT2D eigenvalue weighted by molar-refractivity contribution is 7.92. The van der Waals surface area contributed by atoms with Gasteiger partial charge in [-0.15, -0.1) is 0 Å². The van der Waals surface area contributed by atoms with E-state index >= 15 is 0 Å². The van der Waals surface area contributed by atoms with Crippen LogP contribution in [0, 0.1) is 5.92 Å². The van der Waals surface area contributed by atoms with Crippen LogP contribution >= 0.6 is 0 Å². The van der Waals surface area contributed by atoms with E-state index < -0.39 is 10.0 Å². The molecular formula is C27H32N2O4S. The molecule has 0 bridgehead atoms. The summed E-state index contributed by atoms with van der Waals surface area (Å²) in [5.41, 5.74) is 2.46. The Balaban J connectivity index is 1.94. The molecule has 7 heteroatoms. The fourth-order valence-electron chi connectivity index (χ4n) is 3.84. The number of methoxy groups -OCH3 is 1. The summed E-state index contributed by atoms with van der Waals surface area (Å²) in [6.07, 6.45) is 1.89. The molecule has 3 aromatic carbocycles.